The largest absolute Gasteiger partial charge is 0.456 e. The Morgan fingerprint density at radius 1 is 0.290 bits per heavy atom. The molecular weight excluding hydrogens is 757 g/mol. The first-order chi connectivity index (χ1) is 30.0. The van der Waals surface area contributed by atoms with Gasteiger partial charge in [-0.15, -0.1) is 0 Å². The summed E-state index contributed by atoms with van der Waals surface area (Å²) < 4.78 is 13.3. The van der Waals surface area contributed by atoms with Crippen LogP contribution >= 0.6 is 0 Å². The molecule has 0 aliphatic carbocycles. The fraction of sp³-hybridized carbons (Fsp3) is 0.138. The van der Waals surface area contributed by atoms with E-state index in [0.29, 0.717) is 0 Å². The molecule has 0 spiro atoms. The molecule has 2 aromatic heterocycles. The zero-order chi connectivity index (χ0) is 42.6. The summed E-state index contributed by atoms with van der Waals surface area (Å²) in [5.41, 5.74) is 20.5. The molecule has 0 aliphatic heterocycles. The molecule has 0 amide bonds. The maximum atomic E-state index is 6.66. The maximum Gasteiger partial charge on any atom is 0.139 e. The number of furan rings is 2. The Hall–Kier alpha value is -7.30. The molecule has 0 saturated carbocycles. The van der Waals surface area contributed by atoms with Crippen LogP contribution in [0.4, 0.5) is 34.1 Å². The van der Waals surface area contributed by atoms with Crippen LogP contribution in [0.2, 0.25) is 0 Å². The molecule has 0 bridgehead atoms. The highest BCUT2D eigenvalue weighted by Gasteiger charge is 2.22. The lowest BCUT2D eigenvalue weighted by Crippen LogP contribution is -2.13. The standard InChI is InChI=1S/C58H48N2O2/c1-33-17-23-53(39(7)37(33)5)59(51-15-11-9-13-35(51)3)45-21-19-41-27-47-49-31-50-48-28-42-20-22-46(60(52-16-12-10-14-36(52)4)54-24-18-34(2)38(6)40(54)8)26-44(42)30-56(48)62-58(50)32-57(49)61-55(47)29-43(41)25-45/h9-32H,1-8H3. The second kappa shape index (κ2) is 14.1. The molecule has 0 saturated heterocycles. The molecule has 62 heavy (non-hydrogen) atoms. The van der Waals surface area contributed by atoms with Crippen LogP contribution in [0.1, 0.15) is 44.5 Å². The van der Waals surface area contributed by atoms with E-state index in [2.05, 4.69) is 211 Å². The predicted molar refractivity (Wildman–Crippen MR) is 263 cm³/mol. The minimum Gasteiger partial charge on any atom is -0.456 e. The van der Waals surface area contributed by atoms with Gasteiger partial charge in [-0.1, -0.05) is 60.7 Å². The molecule has 0 radical (unpaired) electrons. The van der Waals surface area contributed by atoms with Crippen molar-refractivity contribution in [3.05, 3.63) is 190 Å². The molecule has 11 rings (SSSR count). The minimum atomic E-state index is 0.818. The molecule has 2 heterocycles. The van der Waals surface area contributed by atoms with E-state index in [1.54, 1.807) is 0 Å². The summed E-state index contributed by atoms with van der Waals surface area (Å²) >= 11 is 0. The summed E-state index contributed by atoms with van der Waals surface area (Å²) in [5, 5.41) is 8.95. The normalized spacial score (nSPS) is 11.9. The Morgan fingerprint density at radius 2 is 0.694 bits per heavy atom. The SMILES string of the molecule is Cc1ccccc1N(c1ccc2cc3c(cc2c1)oc1cc2oc4cc5cc(N(c6ccccc6C)c6ccc(C)c(C)c6C)ccc5cc4c2cc13)c1ccc(C)c(C)c1C. The minimum absolute atomic E-state index is 0.818. The van der Waals surface area contributed by atoms with Gasteiger partial charge in [-0.2, -0.15) is 0 Å². The van der Waals surface area contributed by atoms with Crippen molar-refractivity contribution in [1.29, 1.82) is 0 Å². The number of anilines is 6. The van der Waals surface area contributed by atoms with Crippen molar-refractivity contribution in [2.24, 2.45) is 0 Å². The van der Waals surface area contributed by atoms with Crippen molar-refractivity contribution in [2.75, 3.05) is 9.80 Å². The van der Waals surface area contributed by atoms with Gasteiger partial charge in [-0.05, 0) is 200 Å². The van der Waals surface area contributed by atoms with Crippen LogP contribution in [0.5, 0.6) is 0 Å². The number of aryl methyl sites for hydroxylation is 4. The van der Waals surface area contributed by atoms with Crippen LogP contribution in [0, 0.1) is 55.4 Å². The quantitative estimate of drug-likeness (QED) is 0.168. The lowest BCUT2D eigenvalue weighted by molar-refractivity contribution is 0.656. The number of hydrogen-bond acceptors (Lipinski definition) is 4. The summed E-state index contributed by atoms with van der Waals surface area (Å²) in [7, 11) is 0. The molecule has 302 valence electrons. The summed E-state index contributed by atoms with van der Waals surface area (Å²) in [6.45, 7) is 17.6. The van der Waals surface area contributed by atoms with Crippen molar-refractivity contribution < 1.29 is 8.83 Å². The molecule has 0 unspecified atom stereocenters. The van der Waals surface area contributed by atoms with E-state index in [9.17, 15) is 0 Å². The highest BCUT2D eigenvalue weighted by atomic mass is 16.3. The summed E-state index contributed by atoms with van der Waals surface area (Å²) in [6, 6.07) is 53.1. The van der Waals surface area contributed by atoms with Crippen molar-refractivity contribution >= 4 is 99.5 Å². The third kappa shape index (κ3) is 5.89. The summed E-state index contributed by atoms with van der Waals surface area (Å²) in [4.78, 5) is 4.80. The third-order valence-corrected chi connectivity index (χ3v) is 13.7. The first-order valence-electron chi connectivity index (χ1n) is 21.6. The van der Waals surface area contributed by atoms with E-state index in [1.165, 1.54) is 78.0 Å². The van der Waals surface area contributed by atoms with Crippen LogP contribution in [-0.4, -0.2) is 0 Å². The number of benzene rings is 9. The molecule has 0 N–H and O–H groups in total. The monoisotopic (exact) mass is 804 g/mol. The highest BCUT2D eigenvalue weighted by molar-refractivity contribution is 6.18. The topological polar surface area (TPSA) is 32.8 Å². The Morgan fingerprint density at radius 3 is 1.13 bits per heavy atom. The highest BCUT2D eigenvalue weighted by Crippen LogP contribution is 2.45. The van der Waals surface area contributed by atoms with Crippen molar-refractivity contribution in [3.8, 4) is 0 Å². The molecule has 0 atom stereocenters. The molecule has 0 fully saturated rings. The van der Waals surface area contributed by atoms with Gasteiger partial charge in [0.2, 0.25) is 0 Å². The number of para-hydroxylation sites is 2. The average Bonchev–Trinajstić information content (AvgIpc) is 3.80. The molecule has 11 aromatic rings. The van der Waals surface area contributed by atoms with Crippen LogP contribution in [0.15, 0.2) is 154 Å². The molecule has 0 aliphatic rings. The molecule has 4 heteroatoms. The zero-order valence-electron chi connectivity index (χ0n) is 36.6. The van der Waals surface area contributed by atoms with Gasteiger partial charge in [-0.3, -0.25) is 0 Å². The van der Waals surface area contributed by atoms with Crippen LogP contribution < -0.4 is 9.80 Å². The van der Waals surface area contributed by atoms with Crippen molar-refractivity contribution in [2.45, 2.75) is 55.4 Å². The molecular formula is C58H48N2O2. The molecule has 4 nitrogen and oxygen atoms in total. The number of rotatable bonds is 6. The smallest absolute Gasteiger partial charge is 0.139 e. The zero-order valence-corrected chi connectivity index (χ0v) is 36.6. The van der Waals surface area contributed by atoms with Gasteiger partial charge in [0.05, 0.1) is 0 Å². The van der Waals surface area contributed by atoms with Gasteiger partial charge in [0.15, 0.2) is 0 Å². The fourth-order valence-corrected chi connectivity index (χ4v) is 9.60. The number of hydrogen-bond donors (Lipinski definition) is 0. The van der Waals surface area contributed by atoms with E-state index < -0.39 is 0 Å². The van der Waals surface area contributed by atoms with E-state index in [-0.39, 0.29) is 0 Å². The summed E-state index contributed by atoms with van der Waals surface area (Å²) in [6.07, 6.45) is 0. The lowest BCUT2D eigenvalue weighted by atomic mass is 9.99. The maximum absolute atomic E-state index is 6.66. The van der Waals surface area contributed by atoms with Gasteiger partial charge in [-0.25, -0.2) is 0 Å². The Balaban J connectivity index is 1.02. The van der Waals surface area contributed by atoms with Crippen LogP contribution in [-0.2, 0) is 0 Å². The van der Waals surface area contributed by atoms with E-state index >= 15 is 0 Å². The van der Waals surface area contributed by atoms with Gasteiger partial charge in [0.1, 0.15) is 22.3 Å². The average molecular weight is 805 g/mol. The van der Waals surface area contributed by atoms with Gasteiger partial charge >= 0.3 is 0 Å². The predicted octanol–water partition coefficient (Wildman–Crippen LogP) is 17.2. The Labute approximate surface area is 362 Å². The van der Waals surface area contributed by atoms with Crippen LogP contribution in [0.25, 0.3) is 65.4 Å². The van der Waals surface area contributed by atoms with Crippen molar-refractivity contribution in [3.63, 3.8) is 0 Å². The first kappa shape index (κ1) is 37.7. The van der Waals surface area contributed by atoms with E-state index in [4.69, 9.17) is 8.83 Å². The van der Waals surface area contributed by atoms with Gasteiger partial charge < -0.3 is 18.6 Å². The third-order valence-electron chi connectivity index (χ3n) is 13.7. The Bertz CT molecular complexity index is 3400. The first-order valence-corrected chi connectivity index (χ1v) is 21.6. The fourth-order valence-electron chi connectivity index (χ4n) is 9.60. The Kier molecular flexibility index (Phi) is 8.59. The second-order valence-corrected chi connectivity index (χ2v) is 17.4. The summed E-state index contributed by atoms with van der Waals surface area (Å²) in [5.74, 6) is 0. The number of fused-ring (bicyclic) bond motifs is 8. The van der Waals surface area contributed by atoms with Gasteiger partial charge in [0, 0.05) is 61.7 Å². The number of nitrogens with zero attached hydrogens (tertiary/aromatic N) is 2. The van der Waals surface area contributed by atoms with E-state index in [0.717, 1.165) is 66.0 Å². The van der Waals surface area contributed by atoms with Crippen LogP contribution in [0.3, 0.4) is 0 Å². The van der Waals surface area contributed by atoms with Gasteiger partial charge in [0.25, 0.3) is 0 Å². The van der Waals surface area contributed by atoms with Crippen molar-refractivity contribution in [1.82, 2.24) is 0 Å². The lowest BCUT2D eigenvalue weighted by Gasteiger charge is -2.29. The molecule has 9 aromatic carbocycles. The van der Waals surface area contributed by atoms with E-state index in [1.807, 2.05) is 0 Å². The second-order valence-electron chi connectivity index (χ2n) is 17.4.